The predicted molar refractivity (Wildman–Crippen MR) is 137 cm³/mol. The van der Waals surface area contributed by atoms with Gasteiger partial charge in [0.05, 0.1) is 33.3 Å². The molecule has 0 spiro atoms. The van der Waals surface area contributed by atoms with Crippen LogP contribution in [-0.4, -0.2) is 24.9 Å². The Bertz CT molecular complexity index is 1640. The monoisotopic (exact) mass is 431 g/mol. The highest BCUT2D eigenvalue weighted by atomic mass is 14.9. The Morgan fingerprint density at radius 2 is 1.61 bits per heavy atom. The Labute approximate surface area is 191 Å². The number of hydrogen-bond donors (Lipinski definition) is 2. The molecule has 5 heteroatoms. The first-order valence-electron chi connectivity index (χ1n) is 11.4. The summed E-state index contributed by atoms with van der Waals surface area (Å²) in [4.78, 5) is 21.8. The summed E-state index contributed by atoms with van der Waals surface area (Å²) < 4.78 is 0. The predicted octanol–water partition coefficient (Wildman–Crippen LogP) is 7.35. The lowest BCUT2D eigenvalue weighted by Crippen LogP contribution is -1.88. The number of benzene rings is 2. The third kappa shape index (κ3) is 2.89. The van der Waals surface area contributed by atoms with E-state index in [0.29, 0.717) is 5.92 Å². The molecule has 0 atom stereocenters. The quantitative estimate of drug-likeness (QED) is 0.288. The molecule has 5 nitrogen and oxygen atoms in total. The number of aromatic nitrogens is 5. The number of hydrogen-bond acceptors (Lipinski definition) is 3. The molecule has 162 valence electrons. The molecular weight excluding hydrogens is 406 g/mol. The first-order valence-corrected chi connectivity index (χ1v) is 11.4. The number of rotatable bonds is 3. The van der Waals surface area contributed by atoms with Crippen LogP contribution in [0.2, 0.25) is 0 Å². The zero-order valence-corrected chi connectivity index (χ0v) is 19.2. The molecule has 6 rings (SSSR count). The zero-order chi connectivity index (χ0) is 22.7. The number of H-pyrrole nitrogens is 2. The van der Waals surface area contributed by atoms with Gasteiger partial charge in [-0.05, 0) is 67.3 Å². The van der Waals surface area contributed by atoms with Gasteiger partial charge in [0.25, 0.3) is 0 Å². The van der Waals surface area contributed by atoms with Gasteiger partial charge in [0, 0.05) is 34.1 Å². The van der Waals surface area contributed by atoms with Gasteiger partial charge in [0.15, 0.2) is 0 Å². The molecule has 33 heavy (non-hydrogen) atoms. The molecule has 0 bridgehead atoms. The second-order valence-electron chi connectivity index (χ2n) is 8.91. The van der Waals surface area contributed by atoms with E-state index in [0.717, 1.165) is 55.4 Å². The number of allylic oxidation sites excluding steroid dienone is 2. The molecule has 0 aliphatic rings. The molecule has 0 aliphatic heterocycles. The van der Waals surface area contributed by atoms with Crippen LogP contribution in [0.5, 0.6) is 0 Å². The molecule has 0 saturated heterocycles. The van der Waals surface area contributed by atoms with Crippen molar-refractivity contribution >= 4 is 49.3 Å². The molecule has 0 unspecified atom stereocenters. The minimum absolute atomic E-state index is 0.448. The van der Waals surface area contributed by atoms with Gasteiger partial charge in [-0.3, -0.25) is 9.97 Å². The maximum absolute atomic E-state index is 5.16. The van der Waals surface area contributed by atoms with E-state index in [1.54, 1.807) is 0 Å². The van der Waals surface area contributed by atoms with Crippen molar-refractivity contribution in [2.75, 3.05) is 0 Å². The van der Waals surface area contributed by atoms with Gasteiger partial charge in [-0.2, -0.15) is 0 Å². The summed E-state index contributed by atoms with van der Waals surface area (Å²) in [7, 11) is 0. The largest absolute Gasteiger partial charge is 0.354 e. The van der Waals surface area contributed by atoms with Crippen LogP contribution in [-0.2, 0) is 0 Å². The highest BCUT2D eigenvalue weighted by molar-refractivity contribution is 6.21. The molecule has 0 amide bonds. The number of nitrogens with zero attached hydrogens (tertiary/aromatic N) is 3. The SMILES string of the molecule is C/C=C(\C)c1[nH]c2ccc(C(C)C)cc2c1-c1nc2c3cccnc3c3ncccc3c2[nH]1. The van der Waals surface area contributed by atoms with Crippen molar-refractivity contribution in [2.24, 2.45) is 0 Å². The van der Waals surface area contributed by atoms with Crippen molar-refractivity contribution in [1.29, 1.82) is 0 Å². The van der Waals surface area contributed by atoms with Crippen molar-refractivity contribution in [3.05, 3.63) is 72.2 Å². The molecule has 0 aliphatic carbocycles. The number of nitrogens with one attached hydrogen (secondary N) is 2. The lowest BCUT2D eigenvalue weighted by Gasteiger charge is -2.06. The van der Waals surface area contributed by atoms with Crippen molar-refractivity contribution in [2.45, 2.75) is 33.6 Å². The van der Waals surface area contributed by atoms with Crippen molar-refractivity contribution in [3.63, 3.8) is 0 Å². The smallest absolute Gasteiger partial charge is 0.141 e. The summed E-state index contributed by atoms with van der Waals surface area (Å²) in [6.45, 7) is 8.66. The van der Waals surface area contributed by atoms with Gasteiger partial charge in [-0.25, -0.2) is 4.98 Å². The Kier molecular flexibility index (Phi) is 4.34. The number of imidazole rings is 1. The summed E-state index contributed by atoms with van der Waals surface area (Å²) in [5, 5.41) is 3.22. The minimum Gasteiger partial charge on any atom is -0.354 e. The zero-order valence-electron chi connectivity index (χ0n) is 19.2. The average molecular weight is 432 g/mol. The first kappa shape index (κ1) is 19.7. The Hall–Kier alpha value is -3.99. The van der Waals surface area contributed by atoms with Gasteiger partial charge in [0.1, 0.15) is 5.82 Å². The van der Waals surface area contributed by atoms with Crippen LogP contribution >= 0.6 is 0 Å². The molecule has 4 heterocycles. The second-order valence-corrected chi connectivity index (χ2v) is 8.91. The van der Waals surface area contributed by atoms with E-state index >= 15 is 0 Å². The van der Waals surface area contributed by atoms with Gasteiger partial charge >= 0.3 is 0 Å². The highest BCUT2D eigenvalue weighted by Crippen LogP contribution is 2.39. The van der Waals surface area contributed by atoms with E-state index in [1.807, 2.05) is 24.5 Å². The molecule has 2 aromatic carbocycles. The van der Waals surface area contributed by atoms with Gasteiger partial charge < -0.3 is 9.97 Å². The van der Waals surface area contributed by atoms with Crippen LogP contribution in [0.4, 0.5) is 0 Å². The standard InChI is InChI=1S/C28H25N5/c1-5-16(4)23-22(20-14-17(15(2)3)10-11-21(20)31-23)28-32-26-18-8-6-12-29-24(18)25-19(27(26)33-28)9-7-13-30-25/h5-15,31H,1-4H3,(H,32,33)/b16-5+. The lowest BCUT2D eigenvalue weighted by atomic mass is 9.99. The molecule has 4 aromatic heterocycles. The van der Waals surface area contributed by atoms with Crippen LogP contribution in [0, 0.1) is 0 Å². The highest BCUT2D eigenvalue weighted by Gasteiger charge is 2.21. The van der Waals surface area contributed by atoms with Crippen LogP contribution in [0.3, 0.4) is 0 Å². The van der Waals surface area contributed by atoms with Crippen LogP contribution < -0.4 is 0 Å². The maximum atomic E-state index is 5.16. The Morgan fingerprint density at radius 3 is 2.33 bits per heavy atom. The average Bonchev–Trinajstić information content (AvgIpc) is 3.45. The third-order valence-corrected chi connectivity index (χ3v) is 6.62. The molecule has 0 saturated carbocycles. The summed E-state index contributed by atoms with van der Waals surface area (Å²) in [5.41, 5.74) is 9.50. The van der Waals surface area contributed by atoms with Gasteiger partial charge in [-0.15, -0.1) is 0 Å². The van der Waals surface area contributed by atoms with E-state index in [2.05, 4.69) is 84.0 Å². The van der Waals surface area contributed by atoms with Crippen LogP contribution in [0.25, 0.3) is 60.7 Å². The summed E-state index contributed by atoms with van der Waals surface area (Å²) in [6.07, 6.45) is 5.77. The summed E-state index contributed by atoms with van der Waals surface area (Å²) in [6, 6.07) is 14.8. The van der Waals surface area contributed by atoms with Crippen molar-refractivity contribution < 1.29 is 0 Å². The number of pyridine rings is 2. The van der Waals surface area contributed by atoms with E-state index in [1.165, 1.54) is 16.5 Å². The molecule has 2 N–H and O–H groups in total. The van der Waals surface area contributed by atoms with Crippen LogP contribution in [0.1, 0.15) is 44.9 Å². The summed E-state index contributed by atoms with van der Waals surface area (Å²) in [5.74, 6) is 1.30. The Morgan fingerprint density at radius 1 is 0.879 bits per heavy atom. The number of aromatic amines is 2. The molecular formula is C28H25N5. The van der Waals surface area contributed by atoms with E-state index < -0.39 is 0 Å². The number of fused-ring (bicyclic) bond motifs is 7. The topological polar surface area (TPSA) is 70.2 Å². The fourth-order valence-corrected chi connectivity index (χ4v) is 4.72. The van der Waals surface area contributed by atoms with E-state index in [-0.39, 0.29) is 0 Å². The molecule has 0 radical (unpaired) electrons. The van der Waals surface area contributed by atoms with Gasteiger partial charge in [0.2, 0.25) is 0 Å². The lowest BCUT2D eigenvalue weighted by molar-refractivity contribution is 0.869. The molecule has 0 fully saturated rings. The maximum Gasteiger partial charge on any atom is 0.141 e. The fraction of sp³-hybridized carbons (Fsp3) is 0.179. The van der Waals surface area contributed by atoms with Crippen molar-refractivity contribution in [1.82, 2.24) is 24.9 Å². The normalized spacial score (nSPS) is 12.7. The Balaban J connectivity index is 1.75. The minimum atomic E-state index is 0.448. The van der Waals surface area contributed by atoms with Crippen molar-refractivity contribution in [3.8, 4) is 11.4 Å². The van der Waals surface area contributed by atoms with Crippen LogP contribution in [0.15, 0.2) is 60.9 Å². The van der Waals surface area contributed by atoms with E-state index in [9.17, 15) is 0 Å². The third-order valence-electron chi connectivity index (χ3n) is 6.62. The fourth-order valence-electron chi connectivity index (χ4n) is 4.72. The first-order chi connectivity index (χ1) is 16.1. The van der Waals surface area contributed by atoms with E-state index in [4.69, 9.17) is 4.98 Å². The second kappa shape index (κ2) is 7.27. The summed E-state index contributed by atoms with van der Waals surface area (Å²) >= 11 is 0. The molecule has 6 aromatic rings. The van der Waals surface area contributed by atoms with Gasteiger partial charge in [-0.1, -0.05) is 26.0 Å².